The van der Waals surface area contributed by atoms with Crippen molar-refractivity contribution in [2.75, 3.05) is 6.61 Å². The van der Waals surface area contributed by atoms with Gasteiger partial charge >= 0.3 is 0 Å². The van der Waals surface area contributed by atoms with E-state index in [1.165, 1.54) is 5.56 Å². The van der Waals surface area contributed by atoms with Crippen molar-refractivity contribution in [3.05, 3.63) is 29.3 Å². The minimum absolute atomic E-state index is 0.142. The van der Waals surface area contributed by atoms with Crippen LogP contribution in [0.25, 0.3) is 0 Å². The van der Waals surface area contributed by atoms with Crippen molar-refractivity contribution >= 4 is 0 Å². The smallest absolute Gasteiger partial charge is 0.123 e. The maximum atomic E-state index is 10.5. The molecule has 0 amide bonds. The van der Waals surface area contributed by atoms with Crippen LogP contribution in [0.3, 0.4) is 0 Å². The number of aliphatic hydroxyl groups is 1. The minimum Gasteiger partial charge on any atom is -0.490 e. The Kier molecular flexibility index (Phi) is 3.04. The zero-order chi connectivity index (χ0) is 12.7. The van der Waals surface area contributed by atoms with Gasteiger partial charge in [0.1, 0.15) is 11.9 Å². The van der Waals surface area contributed by atoms with Crippen LogP contribution in [-0.4, -0.2) is 23.9 Å². The van der Waals surface area contributed by atoms with Crippen LogP contribution < -0.4 is 4.74 Å². The molecule has 0 radical (unpaired) electrons. The molecule has 3 heteroatoms. The van der Waals surface area contributed by atoms with E-state index in [1.54, 1.807) is 0 Å². The quantitative estimate of drug-likeness (QED) is 0.873. The molecule has 0 saturated carbocycles. The summed E-state index contributed by atoms with van der Waals surface area (Å²) in [6, 6.07) is 6.05. The summed E-state index contributed by atoms with van der Waals surface area (Å²) < 4.78 is 11.2. The maximum absolute atomic E-state index is 10.5. The molecule has 2 aliphatic rings. The number of hydrogen-bond donors (Lipinski definition) is 1. The Morgan fingerprint density at radius 1 is 1.33 bits per heavy atom. The molecule has 0 spiro atoms. The number of benzene rings is 1. The highest BCUT2D eigenvalue weighted by molar-refractivity contribution is 5.41. The normalized spacial score (nSPS) is 32.1. The molecule has 2 heterocycles. The number of fused-ring (bicyclic) bond motifs is 1. The summed E-state index contributed by atoms with van der Waals surface area (Å²) in [7, 11) is 0. The molecular formula is C15H20O3. The van der Waals surface area contributed by atoms with E-state index in [-0.39, 0.29) is 18.1 Å². The van der Waals surface area contributed by atoms with Crippen LogP contribution in [0.15, 0.2) is 18.2 Å². The Hall–Kier alpha value is -1.06. The topological polar surface area (TPSA) is 38.7 Å². The number of rotatable bonds is 2. The summed E-state index contributed by atoms with van der Waals surface area (Å²) in [5, 5.41) is 10.5. The van der Waals surface area contributed by atoms with Crippen LogP contribution in [-0.2, 0) is 11.2 Å². The van der Waals surface area contributed by atoms with Crippen molar-refractivity contribution in [1.82, 2.24) is 0 Å². The summed E-state index contributed by atoms with van der Waals surface area (Å²) in [6.07, 6.45) is 1.84. The Morgan fingerprint density at radius 2 is 2.17 bits per heavy atom. The first-order valence-electron chi connectivity index (χ1n) is 6.74. The lowest BCUT2D eigenvalue weighted by Crippen LogP contribution is -2.19. The molecule has 0 bridgehead atoms. The van der Waals surface area contributed by atoms with E-state index < -0.39 is 6.10 Å². The van der Waals surface area contributed by atoms with Gasteiger partial charge in [-0.25, -0.2) is 0 Å². The molecule has 1 aromatic rings. The van der Waals surface area contributed by atoms with Crippen LogP contribution in [0.4, 0.5) is 0 Å². The van der Waals surface area contributed by atoms with E-state index in [0.717, 1.165) is 30.8 Å². The van der Waals surface area contributed by atoms with E-state index in [0.29, 0.717) is 0 Å². The van der Waals surface area contributed by atoms with E-state index in [1.807, 2.05) is 19.1 Å². The second-order valence-corrected chi connectivity index (χ2v) is 5.47. The fourth-order valence-corrected chi connectivity index (χ4v) is 3.04. The molecule has 0 aromatic heterocycles. The summed E-state index contributed by atoms with van der Waals surface area (Å²) in [5.41, 5.74) is 2.21. The molecule has 18 heavy (non-hydrogen) atoms. The van der Waals surface area contributed by atoms with Gasteiger partial charge in [0.15, 0.2) is 0 Å². The standard InChI is InChI=1S/C15H20O3/c1-9-7-12-8-11(3-4-14(12)18-9)15(16)13-5-6-17-10(13)2/h3-4,8-10,13,15-16H,5-7H2,1-2H3. The molecule has 1 N–H and O–H groups in total. The van der Waals surface area contributed by atoms with Crippen molar-refractivity contribution in [3.63, 3.8) is 0 Å². The highest BCUT2D eigenvalue weighted by atomic mass is 16.5. The molecule has 98 valence electrons. The maximum Gasteiger partial charge on any atom is 0.123 e. The summed E-state index contributed by atoms with van der Waals surface area (Å²) >= 11 is 0. The average Bonchev–Trinajstić information content (AvgIpc) is 2.91. The van der Waals surface area contributed by atoms with Gasteiger partial charge in [0, 0.05) is 18.9 Å². The Balaban J connectivity index is 1.82. The molecule has 1 saturated heterocycles. The third-order valence-corrected chi connectivity index (χ3v) is 4.10. The van der Waals surface area contributed by atoms with Crippen LogP contribution in [0.5, 0.6) is 5.75 Å². The molecule has 4 unspecified atom stereocenters. The van der Waals surface area contributed by atoms with Crippen molar-refractivity contribution in [2.24, 2.45) is 5.92 Å². The monoisotopic (exact) mass is 248 g/mol. The SMILES string of the molecule is CC1Cc2cc(C(O)C3CCOC3C)ccc2O1. The van der Waals surface area contributed by atoms with Crippen LogP contribution in [0.1, 0.15) is 37.5 Å². The molecule has 1 fully saturated rings. The van der Waals surface area contributed by atoms with Gasteiger partial charge in [0.05, 0.1) is 12.2 Å². The first kappa shape index (κ1) is 12.0. The predicted octanol–water partition coefficient (Wildman–Crippen LogP) is 2.47. The van der Waals surface area contributed by atoms with Gasteiger partial charge in [0.25, 0.3) is 0 Å². The van der Waals surface area contributed by atoms with E-state index in [4.69, 9.17) is 9.47 Å². The van der Waals surface area contributed by atoms with Crippen molar-refractivity contribution < 1.29 is 14.6 Å². The fraction of sp³-hybridized carbons (Fsp3) is 0.600. The minimum atomic E-state index is -0.427. The van der Waals surface area contributed by atoms with Gasteiger partial charge in [-0.2, -0.15) is 0 Å². The lowest BCUT2D eigenvalue weighted by atomic mass is 9.90. The molecule has 4 atom stereocenters. The molecule has 3 nitrogen and oxygen atoms in total. The van der Waals surface area contributed by atoms with Gasteiger partial charge in [-0.1, -0.05) is 6.07 Å². The third-order valence-electron chi connectivity index (χ3n) is 4.10. The second kappa shape index (κ2) is 4.56. The Labute approximate surface area is 108 Å². The van der Waals surface area contributed by atoms with Crippen molar-refractivity contribution in [2.45, 2.75) is 45.0 Å². The summed E-state index contributed by atoms with van der Waals surface area (Å²) in [5.74, 6) is 1.18. The largest absolute Gasteiger partial charge is 0.490 e. The lowest BCUT2D eigenvalue weighted by Gasteiger charge is -2.21. The Morgan fingerprint density at radius 3 is 2.89 bits per heavy atom. The summed E-state index contributed by atoms with van der Waals surface area (Å²) in [4.78, 5) is 0. The van der Waals surface area contributed by atoms with Gasteiger partial charge in [0.2, 0.25) is 0 Å². The van der Waals surface area contributed by atoms with E-state index in [2.05, 4.69) is 13.0 Å². The van der Waals surface area contributed by atoms with Gasteiger partial charge in [-0.15, -0.1) is 0 Å². The van der Waals surface area contributed by atoms with Crippen LogP contribution >= 0.6 is 0 Å². The molecule has 1 aromatic carbocycles. The second-order valence-electron chi connectivity index (χ2n) is 5.47. The first-order chi connectivity index (χ1) is 8.65. The average molecular weight is 248 g/mol. The van der Waals surface area contributed by atoms with Gasteiger partial charge in [-0.05, 0) is 43.5 Å². The van der Waals surface area contributed by atoms with Crippen LogP contribution in [0, 0.1) is 5.92 Å². The summed E-state index contributed by atoms with van der Waals surface area (Å²) in [6.45, 7) is 4.87. The number of ether oxygens (including phenoxy) is 2. The fourth-order valence-electron chi connectivity index (χ4n) is 3.04. The zero-order valence-corrected chi connectivity index (χ0v) is 10.9. The highest BCUT2D eigenvalue weighted by Crippen LogP contribution is 2.36. The molecule has 3 rings (SSSR count). The van der Waals surface area contributed by atoms with E-state index >= 15 is 0 Å². The van der Waals surface area contributed by atoms with Crippen molar-refractivity contribution in [1.29, 1.82) is 0 Å². The Bertz CT molecular complexity index is 443. The molecule has 0 aliphatic carbocycles. The predicted molar refractivity (Wildman–Crippen MR) is 68.7 cm³/mol. The zero-order valence-electron chi connectivity index (χ0n) is 10.9. The van der Waals surface area contributed by atoms with Gasteiger partial charge in [-0.3, -0.25) is 0 Å². The highest BCUT2D eigenvalue weighted by Gasteiger charge is 2.32. The number of hydrogen-bond acceptors (Lipinski definition) is 3. The lowest BCUT2D eigenvalue weighted by molar-refractivity contribution is 0.0431. The van der Waals surface area contributed by atoms with Gasteiger partial charge < -0.3 is 14.6 Å². The van der Waals surface area contributed by atoms with E-state index in [9.17, 15) is 5.11 Å². The van der Waals surface area contributed by atoms with Crippen molar-refractivity contribution in [3.8, 4) is 5.75 Å². The first-order valence-corrected chi connectivity index (χ1v) is 6.74. The molecule has 2 aliphatic heterocycles. The molecular weight excluding hydrogens is 228 g/mol. The number of aliphatic hydroxyl groups excluding tert-OH is 1. The van der Waals surface area contributed by atoms with Crippen LogP contribution in [0.2, 0.25) is 0 Å². The third kappa shape index (κ3) is 2.02.